The molecule has 8 heteroatoms. The highest BCUT2D eigenvalue weighted by atomic mass is 127. The maximum absolute atomic E-state index is 11.2. The van der Waals surface area contributed by atoms with E-state index < -0.39 is 0 Å². The van der Waals surface area contributed by atoms with Crippen LogP contribution in [0.5, 0.6) is 5.75 Å². The van der Waals surface area contributed by atoms with Crippen LogP contribution < -0.4 is 15.4 Å². The lowest BCUT2D eigenvalue weighted by Gasteiger charge is -2.38. The number of fused-ring (bicyclic) bond motifs is 1. The summed E-state index contributed by atoms with van der Waals surface area (Å²) in [7, 11) is 1.69. The third-order valence-electron chi connectivity index (χ3n) is 4.55. The van der Waals surface area contributed by atoms with Crippen LogP contribution in [0.1, 0.15) is 37.4 Å². The minimum absolute atomic E-state index is 0. The van der Waals surface area contributed by atoms with Gasteiger partial charge in [-0.1, -0.05) is 36.4 Å². The molecule has 2 aromatic rings. The smallest absolute Gasteiger partial charge is 0.274 e. The normalized spacial score (nSPS) is 17.5. The van der Waals surface area contributed by atoms with Gasteiger partial charge in [0.25, 0.3) is 5.69 Å². The molecule has 2 N–H and O–H groups in total. The van der Waals surface area contributed by atoms with Crippen molar-refractivity contribution in [1.82, 2.24) is 10.6 Å². The monoisotopic (exact) mass is 496 g/mol. The molecule has 0 saturated carbocycles. The van der Waals surface area contributed by atoms with Crippen molar-refractivity contribution in [2.45, 2.75) is 38.5 Å². The van der Waals surface area contributed by atoms with E-state index in [-0.39, 0.29) is 46.2 Å². The number of nitrogens with one attached hydrogen (secondary N) is 2. The van der Waals surface area contributed by atoms with E-state index in [1.807, 2.05) is 24.3 Å². The zero-order valence-corrected chi connectivity index (χ0v) is 18.5. The van der Waals surface area contributed by atoms with E-state index in [0.29, 0.717) is 18.1 Å². The van der Waals surface area contributed by atoms with Crippen molar-refractivity contribution in [2.24, 2.45) is 4.99 Å². The molecule has 1 atom stereocenters. The van der Waals surface area contributed by atoms with Gasteiger partial charge in [0.05, 0.1) is 11.0 Å². The summed E-state index contributed by atoms with van der Waals surface area (Å²) in [5.74, 6) is 1.45. The minimum Gasteiger partial charge on any atom is -0.487 e. The third-order valence-corrected chi connectivity index (χ3v) is 4.55. The van der Waals surface area contributed by atoms with Gasteiger partial charge < -0.3 is 15.4 Å². The molecule has 0 amide bonds. The van der Waals surface area contributed by atoms with E-state index in [2.05, 4.69) is 29.5 Å². The van der Waals surface area contributed by atoms with E-state index in [1.54, 1.807) is 25.2 Å². The fourth-order valence-electron chi connectivity index (χ4n) is 3.31. The number of hydrogen-bond donors (Lipinski definition) is 2. The first-order valence-corrected chi connectivity index (χ1v) is 8.87. The van der Waals surface area contributed by atoms with Crippen LogP contribution in [0.3, 0.4) is 0 Å². The third kappa shape index (κ3) is 5.12. The lowest BCUT2D eigenvalue weighted by atomic mass is 9.90. The largest absolute Gasteiger partial charge is 0.487 e. The number of guanidine groups is 1. The fraction of sp³-hybridized carbons (Fsp3) is 0.350. The summed E-state index contributed by atoms with van der Waals surface area (Å²) in [5.41, 5.74) is 1.48. The number of nitro groups is 1. The number of halogens is 1. The van der Waals surface area contributed by atoms with Gasteiger partial charge in [-0.3, -0.25) is 15.1 Å². The van der Waals surface area contributed by atoms with E-state index >= 15 is 0 Å². The summed E-state index contributed by atoms with van der Waals surface area (Å²) < 4.78 is 6.06. The number of ether oxygens (including phenoxy) is 1. The highest BCUT2D eigenvalue weighted by Crippen LogP contribution is 2.39. The Balaban J connectivity index is 0.00000280. The Labute approximate surface area is 181 Å². The average Bonchev–Trinajstić information content (AvgIpc) is 2.64. The van der Waals surface area contributed by atoms with Crippen molar-refractivity contribution < 1.29 is 9.66 Å². The van der Waals surface area contributed by atoms with Crippen LogP contribution in [0.2, 0.25) is 0 Å². The Bertz CT molecular complexity index is 870. The molecular weight excluding hydrogens is 471 g/mol. The molecule has 1 heterocycles. The second-order valence-corrected chi connectivity index (χ2v) is 7.11. The predicted octanol–water partition coefficient (Wildman–Crippen LogP) is 4.18. The lowest BCUT2D eigenvalue weighted by molar-refractivity contribution is -0.385. The Morgan fingerprint density at radius 1 is 1.25 bits per heavy atom. The Hall–Kier alpha value is -2.36. The average molecular weight is 496 g/mol. The molecule has 150 valence electrons. The fourth-order valence-corrected chi connectivity index (χ4v) is 3.31. The molecule has 7 nitrogen and oxygen atoms in total. The van der Waals surface area contributed by atoms with Crippen molar-refractivity contribution in [3.8, 4) is 5.75 Å². The minimum atomic E-state index is -0.371. The molecule has 2 aromatic carbocycles. The Morgan fingerprint density at radius 3 is 2.64 bits per heavy atom. The number of nitrogens with zero attached hydrogens (tertiary/aromatic N) is 2. The Morgan fingerprint density at radius 2 is 1.93 bits per heavy atom. The van der Waals surface area contributed by atoms with Crippen molar-refractivity contribution in [1.29, 1.82) is 0 Å². The molecular formula is C20H25IN4O3. The number of rotatable bonds is 4. The molecule has 0 fully saturated rings. The summed E-state index contributed by atoms with van der Waals surface area (Å²) in [5, 5.41) is 17.8. The second kappa shape index (κ2) is 9.22. The number of nitro benzene ring substituents is 1. The number of hydrogen-bond acceptors (Lipinski definition) is 4. The second-order valence-electron chi connectivity index (χ2n) is 7.11. The van der Waals surface area contributed by atoms with Gasteiger partial charge in [-0.25, -0.2) is 0 Å². The molecule has 1 unspecified atom stereocenters. The first kappa shape index (κ1) is 21.9. The van der Waals surface area contributed by atoms with Crippen molar-refractivity contribution in [3.05, 3.63) is 69.8 Å². The predicted molar refractivity (Wildman–Crippen MR) is 120 cm³/mol. The first-order valence-electron chi connectivity index (χ1n) is 8.87. The van der Waals surface area contributed by atoms with Crippen LogP contribution in [0.4, 0.5) is 5.69 Å². The van der Waals surface area contributed by atoms with Crippen LogP contribution >= 0.6 is 24.0 Å². The van der Waals surface area contributed by atoms with E-state index in [9.17, 15) is 10.1 Å². The van der Waals surface area contributed by atoms with Crippen LogP contribution in [0, 0.1) is 10.1 Å². The molecule has 0 bridgehead atoms. The van der Waals surface area contributed by atoms with Gasteiger partial charge in [-0.05, 0) is 19.9 Å². The van der Waals surface area contributed by atoms with Crippen LogP contribution in [0.15, 0.2) is 53.5 Å². The van der Waals surface area contributed by atoms with Crippen LogP contribution in [0.25, 0.3) is 0 Å². The topological polar surface area (TPSA) is 88.8 Å². The molecule has 0 aromatic heterocycles. The summed E-state index contributed by atoms with van der Waals surface area (Å²) in [6, 6.07) is 14.7. The molecule has 0 spiro atoms. The molecule has 0 saturated heterocycles. The van der Waals surface area contributed by atoms with Gasteiger partial charge in [0.2, 0.25) is 0 Å². The van der Waals surface area contributed by atoms with Gasteiger partial charge in [-0.2, -0.15) is 0 Å². The summed E-state index contributed by atoms with van der Waals surface area (Å²) in [6.45, 7) is 4.42. The molecule has 0 radical (unpaired) electrons. The number of para-hydroxylation sites is 2. The summed E-state index contributed by atoms with van der Waals surface area (Å²) in [6.07, 6.45) is 0.774. The number of benzene rings is 2. The quantitative estimate of drug-likeness (QED) is 0.218. The maximum atomic E-state index is 11.2. The molecule has 0 aliphatic carbocycles. The van der Waals surface area contributed by atoms with Crippen LogP contribution in [-0.4, -0.2) is 23.5 Å². The van der Waals surface area contributed by atoms with Crippen molar-refractivity contribution >= 4 is 35.6 Å². The zero-order chi connectivity index (χ0) is 19.4. The van der Waals surface area contributed by atoms with Crippen LogP contribution in [-0.2, 0) is 6.54 Å². The van der Waals surface area contributed by atoms with Gasteiger partial charge in [0.1, 0.15) is 11.4 Å². The van der Waals surface area contributed by atoms with E-state index in [1.165, 1.54) is 6.07 Å². The standard InChI is InChI=1S/C20H24N4O3.HI/c1-20(2)12-16(15-9-5-7-11-18(15)27-20)23-19(21-3)22-13-14-8-4-6-10-17(14)24(25)26;/h4-11,16H,12-13H2,1-3H3,(H2,21,22,23);1H. The highest BCUT2D eigenvalue weighted by Gasteiger charge is 2.34. The van der Waals surface area contributed by atoms with E-state index in [0.717, 1.165) is 17.7 Å². The maximum Gasteiger partial charge on any atom is 0.274 e. The van der Waals surface area contributed by atoms with E-state index in [4.69, 9.17) is 4.74 Å². The van der Waals surface area contributed by atoms with Gasteiger partial charge in [0, 0.05) is 37.2 Å². The zero-order valence-electron chi connectivity index (χ0n) is 16.1. The van der Waals surface area contributed by atoms with Gasteiger partial charge >= 0.3 is 0 Å². The number of aliphatic imine (C=N–C) groups is 1. The molecule has 1 aliphatic rings. The summed E-state index contributed by atoms with van der Waals surface area (Å²) in [4.78, 5) is 15.1. The van der Waals surface area contributed by atoms with Crippen molar-refractivity contribution in [2.75, 3.05) is 7.05 Å². The first-order chi connectivity index (χ1) is 12.9. The van der Waals surface area contributed by atoms with Gasteiger partial charge in [-0.15, -0.1) is 24.0 Å². The summed E-state index contributed by atoms with van der Waals surface area (Å²) >= 11 is 0. The van der Waals surface area contributed by atoms with Crippen molar-refractivity contribution in [3.63, 3.8) is 0 Å². The molecule has 28 heavy (non-hydrogen) atoms. The highest BCUT2D eigenvalue weighted by molar-refractivity contribution is 14.0. The lowest BCUT2D eigenvalue weighted by Crippen LogP contribution is -2.45. The molecule has 3 rings (SSSR count). The Kier molecular flexibility index (Phi) is 7.22. The van der Waals surface area contributed by atoms with Gasteiger partial charge in [0.15, 0.2) is 5.96 Å². The SMILES string of the molecule is CN=C(NCc1ccccc1[N+](=O)[O-])NC1CC(C)(C)Oc2ccccc21.I. The molecule has 1 aliphatic heterocycles.